The molecule has 1 heterocycles. The summed E-state index contributed by atoms with van der Waals surface area (Å²) in [5.74, 6) is 2.90. The van der Waals surface area contributed by atoms with Crippen LogP contribution >= 0.6 is 0 Å². The molecule has 3 rings (SSSR count). The summed E-state index contributed by atoms with van der Waals surface area (Å²) in [7, 11) is 0. The van der Waals surface area contributed by atoms with Gasteiger partial charge in [0.1, 0.15) is 0 Å². The van der Waals surface area contributed by atoms with Gasteiger partial charge >= 0.3 is 0 Å². The molecule has 0 aromatic rings. The maximum atomic E-state index is 5.51. The zero-order valence-corrected chi connectivity index (χ0v) is 5.71. The predicted octanol–water partition coefficient (Wildman–Crippen LogP) is 1.43. The lowest BCUT2D eigenvalue weighted by atomic mass is 9.91. The van der Waals surface area contributed by atoms with Crippen LogP contribution in [0.5, 0.6) is 0 Å². The van der Waals surface area contributed by atoms with E-state index in [2.05, 4.69) is 6.92 Å². The molecule has 0 aromatic carbocycles. The van der Waals surface area contributed by atoms with Crippen LogP contribution in [0.25, 0.3) is 0 Å². The Morgan fingerprint density at radius 2 is 2.11 bits per heavy atom. The first-order valence-electron chi connectivity index (χ1n) is 4.02. The molecular formula is C8H12O. The molecule has 0 N–H and O–H groups in total. The van der Waals surface area contributed by atoms with Gasteiger partial charge in [-0.3, -0.25) is 0 Å². The highest BCUT2D eigenvalue weighted by atomic mass is 16.6. The SMILES string of the molecule is CC1C[C@@H]2C[C@H]1[C@H]1O[C@@H]21. The Bertz CT molecular complexity index is 151. The smallest absolute Gasteiger partial charge is 0.0875 e. The first-order valence-corrected chi connectivity index (χ1v) is 4.02. The minimum atomic E-state index is 0.721. The van der Waals surface area contributed by atoms with Gasteiger partial charge in [-0.2, -0.15) is 0 Å². The number of hydrogen-bond acceptors (Lipinski definition) is 1. The van der Waals surface area contributed by atoms with E-state index in [1.807, 2.05) is 0 Å². The molecule has 1 heteroatoms. The van der Waals surface area contributed by atoms with E-state index in [1.165, 1.54) is 12.8 Å². The van der Waals surface area contributed by atoms with Crippen LogP contribution in [-0.4, -0.2) is 12.2 Å². The highest BCUT2D eigenvalue weighted by molar-refractivity contribution is 5.09. The van der Waals surface area contributed by atoms with E-state index in [0.717, 1.165) is 30.0 Å². The summed E-state index contributed by atoms with van der Waals surface area (Å²) >= 11 is 0. The van der Waals surface area contributed by atoms with Gasteiger partial charge < -0.3 is 4.74 Å². The van der Waals surface area contributed by atoms with Gasteiger partial charge in [-0.25, -0.2) is 0 Å². The van der Waals surface area contributed by atoms with E-state index >= 15 is 0 Å². The molecule has 3 fully saturated rings. The number of rotatable bonds is 0. The van der Waals surface area contributed by atoms with Crippen molar-refractivity contribution in [2.45, 2.75) is 32.0 Å². The van der Waals surface area contributed by atoms with Crippen molar-refractivity contribution in [3.8, 4) is 0 Å². The summed E-state index contributed by atoms with van der Waals surface area (Å²) in [5, 5.41) is 0. The van der Waals surface area contributed by atoms with E-state index in [4.69, 9.17) is 4.74 Å². The number of ether oxygens (including phenoxy) is 1. The second-order valence-electron chi connectivity index (χ2n) is 3.94. The molecule has 1 saturated heterocycles. The summed E-state index contributed by atoms with van der Waals surface area (Å²) in [6, 6.07) is 0. The van der Waals surface area contributed by atoms with Gasteiger partial charge in [-0.05, 0) is 30.6 Å². The van der Waals surface area contributed by atoms with Gasteiger partial charge in [0, 0.05) is 0 Å². The van der Waals surface area contributed by atoms with Gasteiger partial charge in [0.25, 0.3) is 0 Å². The average Bonchev–Trinajstić information content (AvgIpc) is 2.46. The standard InChI is InChI=1S/C8H12O/c1-4-2-5-3-6(4)8-7(5)9-8/h4-8H,2-3H2,1H3/t4?,5-,6-,7+,8-/m1/s1. The van der Waals surface area contributed by atoms with E-state index in [-0.39, 0.29) is 0 Å². The Kier molecular flexibility index (Phi) is 0.628. The van der Waals surface area contributed by atoms with Crippen LogP contribution in [-0.2, 0) is 4.74 Å². The monoisotopic (exact) mass is 124 g/mol. The molecule has 2 bridgehead atoms. The fourth-order valence-corrected chi connectivity index (χ4v) is 2.92. The van der Waals surface area contributed by atoms with Crippen molar-refractivity contribution in [3.63, 3.8) is 0 Å². The Hall–Kier alpha value is -0.0400. The second kappa shape index (κ2) is 1.20. The fourth-order valence-electron chi connectivity index (χ4n) is 2.92. The van der Waals surface area contributed by atoms with E-state index in [0.29, 0.717) is 0 Å². The van der Waals surface area contributed by atoms with Gasteiger partial charge in [0.05, 0.1) is 12.2 Å². The Balaban J connectivity index is 1.96. The van der Waals surface area contributed by atoms with Crippen molar-refractivity contribution in [3.05, 3.63) is 0 Å². The highest BCUT2D eigenvalue weighted by Gasteiger charge is 2.61. The number of fused-ring (bicyclic) bond motifs is 5. The van der Waals surface area contributed by atoms with Gasteiger partial charge in [-0.15, -0.1) is 0 Å². The van der Waals surface area contributed by atoms with Crippen LogP contribution in [0.15, 0.2) is 0 Å². The van der Waals surface area contributed by atoms with Crippen molar-refractivity contribution in [1.29, 1.82) is 0 Å². The summed E-state index contributed by atoms with van der Waals surface area (Å²) in [6.45, 7) is 2.38. The van der Waals surface area contributed by atoms with E-state index in [9.17, 15) is 0 Å². The summed E-state index contributed by atoms with van der Waals surface area (Å²) in [5.41, 5.74) is 0. The Labute approximate surface area is 55.4 Å². The molecule has 0 amide bonds. The quantitative estimate of drug-likeness (QED) is 0.445. The molecule has 0 aromatic heterocycles. The fraction of sp³-hybridized carbons (Fsp3) is 1.00. The van der Waals surface area contributed by atoms with Gasteiger partial charge in [0.2, 0.25) is 0 Å². The molecule has 1 nitrogen and oxygen atoms in total. The minimum Gasteiger partial charge on any atom is -0.369 e. The van der Waals surface area contributed by atoms with Crippen molar-refractivity contribution in [2.75, 3.05) is 0 Å². The summed E-state index contributed by atoms with van der Waals surface area (Å²) in [6.07, 6.45) is 4.38. The first-order chi connectivity index (χ1) is 4.36. The van der Waals surface area contributed by atoms with Gasteiger partial charge in [0.15, 0.2) is 0 Å². The number of epoxide rings is 1. The van der Waals surface area contributed by atoms with Crippen molar-refractivity contribution in [1.82, 2.24) is 0 Å². The molecule has 1 unspecified atom stereocenters. The van der Waals surface area contributed by atoms with Crippen LogP contribution < -0.4 is 0 Å². The van der Waals surface area contributed by atoms with Crippen LogP contribution in [0, 0.1) is 17.8 Å². The maximum absolute atomic E-state index is 5.51. The average molecular weight is 124 g/mol. The van der Waals surface area contributed by atoms with Gasteiger partial charge in [-0.1, -0.05) is 6.92 Å². The maximum Gasteiger partial charge on any atom is 0.0875 e. The molecule has 2 saturated carbocycles. The van der Waals surface area contributed by atoms with Crippen molar-refractivity contribution >= 4 is 0 Å². The van der Waals surface area contributed by atoms with Crippen LogP contribution in [0.2, 0.25) is 0 Å². The lowest BCUT2D eigenvalue weighted by molar-refractivity contribution is 0.254. The van der Waals surface area contributed by atoms with Crippen LogP contribution in [0.4, 0.5) is 0 Å². The van der Waals surface area contributed by atoms with Crippen molar-refractivity contribution < 1.29 is 4.74 Å². The lowest BCUT2D eigenvalue weighted by Crippen LogP contribution is -2.14. The third-order valence-electron chi connectivity index (χ3n) is 3.43. The zero-order chi connectivity index (χ0) is 6.01. The minimum absolute atomic E-state index is 0.721. The van der Waals surface area contributed by atoms with Crippen molar-refractivity contribution in [2.24, 2.45) is 17.8 Å². The molecule has 2 aliphatic carbocycles. The Morgan fingerprint density at radius 3 is 2.67 bits per heavy atom. The van der Waals surface area contributed by atoms with Crippen LogP contribution in [0.1, 0.15) is 19.8 Å². The molecule has 1 aliphatic heterocycles. The molecule has 9 heavy (non-hydrogen) atoms. The number of hydrogen-bond donors (Lipinski definition) is 0. The summed E-state index contributed by atoms with van der Waals surface area (Å²) < 4.78 is 5.51. The normalized spacial score (nSPS) is 68.3. The van der Waals surface area contributed by atoms with E-state index in [1.54, 1.807) is 0 Å². The lowest BCUT2D eigenvalue weighted by Gasteiger charge is -2.11. The third-order valence-corrected chi connectivity index (χ3v) is 3.43. The Morgan fingerprint density at radius 1 is 1.22 bits per heavy atom. The molecule has 5 atom stereocenters. The third kappa shape index (κ3) is 0.420. The summed E-state index contributed by atoms with van der Waals surface area (Å²) in [4.78, 5) is 0. The molecular weight excluding hydrogens is 112 g/mol. The molecule has 0 radical (unpaired) electrons. The van der Waals surface area contributed by atoms with Crippen LogP contribution in [0.3, 0.4) is 0 Å². The highest BCUT2D eigenvalue weighted by Crippen LogP contribution is 2.58. The predicted molar refractivity (Wildman–Crippen MR) is 34.0 cm³/mol. The second-order valence-corrected chi connectivity index (χ2v) is 3.94. The molecule has 3 aliphatic rings. The topological polar surface area (TPSA) is 12.5 Å². The van der Waals surface area contributed by atoms with E-state index < -0.39 is 0 Å². The zero-order valence-electron chi connectivity index (χ0n) is 5.71. The first kappa shape index (κ1) is 4.73. The molecule has 50 valence electrons. The largest absolute Gasteiger partial charge is 0.369 e. The molecule has 0 spiro atoms.